The molecular formula is C16H29ClN2O2. The Morgan fingerprint density at radius 3 is 2.62 bits per heavy atom. The number of likely N-dealkylation sites (tertiary alicyclic amines) is 1. The number of ether oxygens (including phenoxy) is 1. The minimum Gasteiger partial charge on any atom is -0.377 e. The summed E-state index contributed by atoms with van der Waals surface area (Å²) in [5, 5.41) is 0. The number of fused-ring (bicyclic) bond motifs is 1. The minimum absolute atomic E-state index is 0. The van der Waals surface area contributed by atoms with E-state index in [0.29, 0.717) is 6.04 Å². The Morgan fingerprint density at radius 2 is 1.95 bits per heavy atom. The van der Waals surface area contributed by atoms with Crippen LogP contribution in [0.5, 0.6) is 0 Å². The van der Waals surface area contributed by atoms with Gasteiger partial charge >= 0.3 is 0 Å². The molecule has 0 aromatic rings. The summed E-state index contributed by atoms with van der Waals surface area (Å²) in [5.74, 6) is 0.370. The van der Waals surface area contributed by atoms with Crippen LogP contribution in [-0.4, -0.2) is 41.6 Å². The topological polar surface area (TPSA) is 55.6 Å². The van der Waals surface area contributed by atoms with Crippen LogP contribution in [0.3, 0.4) is 0 Å². The monoisotopic (exact) mass is 316 g/mol. The van der Waals surface area contributed by atoms with E-state index in [4.69, 9.17) is 10.5 Å². The third-order valence-electron chi connectivity index (χ3n) is 6.10. The highest BCUT2D eigenvalue weighted by molar-refractivity contribution is 5.90. The zero-order valence-electron chi connectivity index (χ0n) is 13.4. The summed E-state index contributed by atoms with van der Waals surface area (Å²) in [6.45, 7) is 8.04. The molecule has 1 saturated carbocycles. The molecule has 3 rings (SSSR count). The van der Waals surface area contributed by atoms with Crippen LogP contribution in [0.15, 0.2) is 0 Å². The van der Waals surface area contributed by atoms with Gasteiger partial charge in [-0.1, -0.05) is 13.8 Å². The first-order valence-corrected chi connectivity index (χ1v) is 8.12. The number of hydrogen-bond donors (Lipinski definition) is 1. The van der Waals surface area contributed by atoms with Gasteiger partial charge < -0.3 is 15.4 Å². The molecule has 2 heterocycles. The molecule has 21 heavy (non-hydrogen) atoms. The first kappa shape index (κ1) is 17.0. The summed E-state index contributed by atoms with van der Waals surface area (Å²) >= 11 is 0. The van der Waals surface area contributed by atoms with E-state index in [9.17, 15) is 4.79 Å². The minimum atomic E-state index is -0.732. The van der Waals surface area contributed by atoms with Crippen LogP contribution < -0.4 is 5.73 Å². The Labute approximate surface area is 134 Å². The number of hydrogen-bond acceptors (Lipinski definition) is 3. The number of amides is 1. The number of nitrogens with zero attached hydrogens (tertiary/aromatic N) is 1. The number of rotatable bonds is 1. The van der Waals surface area contributed by atoms with E-state index in [0.717, 1.165) is 38.8 Å². The Bertz CT molecular complexity index is 415. The molecule has 2 saturated heterocycles. The van der Waals surface area contributed by atoms with Crippen molar-refractivity contribution in [2.75, 3.05) is 13.2 Å². The van der Waals surface area contributed by atoms with Crippen LogP contribution in [0.4, 0.5) is 0 Å². The zero-order valence-corrected chi connectivity index (χ0v) is 14.2. The fourth-order valence-electron chi connectivity index (χ4n) is 4.65. The Morgan fingerprint density at radius 1 is 1.24 bits per heavy atom. The molecule has 1 amide bonds. The SMILES string of the molecule is CC1CCCCN1C(=O)C1(N)C2CCCOC2C1(C)C.Cl. The molecular weight excluding hydrogens is 288 g/mol. The van der Waals surface area contributed by atoms with E-state index in [1.807, 2.05) is 4.90 Å². The predicted octanol–water partition coefficient (Wildman–Crippen LogP) is 2.34. The van der Waals surface area contributed by atoms with Crippen molar-refractivity contribution in [1.82, 2.24) is 4.90 Å². The number of piperidine rings is 1. The molecule has 0 aromatic carbocycles. The quantitative estimate of drug-likeness (QED) is 0.808. The van der Waals surface area contributed by atoms with Crippen molar-refractivity contribution in [2.24, 2.45) is 17.1 Å². The van der Waals surface area contributed by atoms with Crippen molar-refractivity contribution in [3.05, 3.63) is 0 Å². The lowest BCUT2D eigenvalue weighted by Crippen LogP contribution is -2.82. The lowest BCUT2D eigenvalue weighted by molar-refractivity contribution is -0.231. The summed E-state index contributed by atoms with van der Waals surface area (Å²) in [4.78, 5) is 15.2. The van der Waals surface area contributed by atoms with Crippen LogP contribution in [0.25, 0.3) is 0 Å². The summed E-state index contributed by atoms with van der Waals surface area (Å²) < 4.78 is 5.90. The van der Waals surface area contributed by atoms with Gasteiger partial charge in [-0.25, -0.2) is 0 Å². The first-order valence-electron chi connectivity index (χ1n) is 8.12. The van der Waals surface area contributed by atoms with Gasteiger partial charge in [-0.05, 0) is 39.0 Å². The van der Waals surface area contributed by atoms with Gasteiger partial charge in [0.05, 0.1) is 6.10 Å². The maximum absolute atomic E-state index is 13.1. The summed E-state index contributed by atoms with van der Waals surface area (Å²) in [6, 6.07) is 0.330. The summed E-state index contributed by atoms with van der Waals surface area (Å²) in [6.07, 6.45) is 5.65. The van der Waals surface area contributed by atoms with Crippen LogP contribution >= 0.6 is 12.4 Å². The molecule has 4 nitrogen and oxygen atoms in total. The molecule has 3 aliphatic rings. The molecule has 3 fully saturated rings. The second kappa shape index (κ2) is 5.71. The third kappa shape index (κ3) is 2.22. The fourth-order valence-corrected chi connectivity index (χ4v) is 4.65. The van der Waals surface area contributed by atoms with Gasteiger partial charge in [0.15, 0.2) is 0 Å². The van der Waals surface area contributed by atoms with Gasteiger partial charge in [-0.2, -0.15) is 0 Å². The average Bonchev–Trinajstić information content (AvgIpc) is 2.46. The van der Waals surface area contributed by atoms with Gasteiger partial charge in [0.2, 0.25) is 5.91 Å². The van der Waals surface area contributed by atoms with E-state index in [1.165, 1.54) is 6.42 Å². The van der Waals surface area contributed by atoms with Crippen LogP contribution in [-0.2, 0) is 9.53 Å². The zero-order chi connectivity index (χ0) is 14.5. The lowest BCUT2D eigenvalue weighted by Gasteiger charge is -2.66. The lowest BCUT2D eigenvalue weighted by atomic mass is 9.46. The first-order chi connectivity index (χ1) is 9.40. The smallest absolute Gasteiger partial charge is 0.243 e. The highest BCUT2D eigenvalue weighted by Gasteiger charge is 2.71. The maximum atomic E-state index is 13.1. The van der Waals surface area contributed by atoms with E-state index in [2.05, 4.69) is 20.8 Å². The molecule has 4 unspecified atom stereocenters. The number of carbonyl (C=O) groups is 1. The Balaban J connectivity index is 0.00000161. The molecule has 122 valence electrons. The van der Waals surface area contributed by atoms with Gasteiger partial charge in [-0.3, -0.25) is 4.79 Å². The van der Waals surface area contributed by atoms with Gasteiger partial charge in [-0.15, -0.1) is 12.4 Å². The average molecular weight is 317 g/mol. The fraction of sp³-hybridized carbons (Fsp3) is 0.938. The molecule has 4 atom stereocenters. The largest absolute Gasteiger partial charge is 0.377 e. The van der Waals surface area contributed by atoms with E-state index >= 15 is 0 Å². The molecule has 2 N–H and O–H groups in total. The van der Waals surface area contributed by atoms with Crippen LogP contribution in [0.1, 0.15) is 52.9 Å². The van der Waals surface area contributed by atoms with E-state index in [1.54, 1.807) is 0 Å². The van der Waals surface area contributed by atoms with Crippen molar-refractivity contribution in [3.63, 3.8) is 0 Å². The third-order valence-corrected chi connectivity index (χ3v) is 6.10. The van der Waals surface area contributed by atoms with E-state index in [-0.39, 0.29) is 35.8 Å². The van der Waals surface area contributed by atoms with Crippen LogP contribution in [0.2, 0.25) is 0 Å². The van der Waals surface area contributed by atoms with Crippen molar-refractivity contribution in [2.45, 2.75) is 70.6 Å². The normalized spacial score (nSPS) is 41.5. The van der Waals surface area contributed by atoms with Crippen molar-refractivity contribution >= 4 is 18.3 Å². The molecule has 0 radical (unpaired) electrons. The van der Waals surface area contributed by atoms with Gasteiger partial charge in [0.1, 0.15) is 5.54 Å². The van der Waals surface area contributed by atoms with Crippen LogP contribution in [0, 0.1) is 11.3 Å². The Hall–Kier alpha value is -0.320. The molecule has 5 heteroatoms. The predicted molar refractivity (Wildman–Crippen MR) is 85.4 cm³/mol. The molecule has 0 bridgehead atoms. The Kier molecular flexibility index (Phi) is 4.63. The number of carbonyl (C=O) groups excluding carboxylic acids is 1. The van der Waals surface area contributed by atoms with Crippen molar-refractivity contribution in [1.29, 1.82) is 0 Å². The summed E-state index contributed by atoms with van der Waals surface area (Å²) in [5.41, 5.74) is 5.71. The van der Waals surface area contributed by atoms with Crippen molar-refractivity contribution in [3.8, 4) is 0 Å². The second-order valence-electron chi connectivity index (χ2n) is 7.47. The van der Waals surface area contributed by atoms with Gasteiger partial charge in [0, 0.05) is 30.5 Å². The molecule has 0 spiro atoms. The highest BCUT2D eigenvalue weighted by atomic mass is 35.5. The molecule has 1 aliphatic carbocycles. The van der Waals surface area contributed by atoms with E-state index < -0.39 is 5.54 Å². The summed E-state index contributed by atoms with van der Waals surface area (Å²) in [7, 11) is 0. The molecule has 2 aliphatic heterocycles. The maximum Gasteiger partial charge on any atom is 0.243 e. The van der Waals surface area contributed by atoms with Crippen molar-refractivity contribution < 1.29 is 9.53 Å². The second-order valence-corrected chi connectivity index (χ2v) is 7.47. The standard InChI is InChI=1S/C16H28N2O2.ClH/c1-11-7-4-5-9-18(11)14(19)16(17)12-8-6-10-20-13(12)15(16,2)3;/h11-13H,4-10,17H2,1-3H3;1H. The molecule has 0 aromatic heterocycles. The number of nitrogens with two attached hydrogens (primary N) is 1. The number of halogens is 1. The highest BCUT2D eigenvalue weighted by Crippen LogP contribution is 2.58. The van der Waals surface area contributed by atoms with Gasteiger partial charge in [0.25, 0.3) is 0 Å².